The number of carboxylic acid groups (broad SMARTS) is 1. The Morgan fingerprint density at radius 2 is 1.88 bits per heavy atom. The third kappa shape index (κ3) is 5.91. The van der Waals surface area contributed by atoms with Crippen molar-refractivity contribution in [2.45, 2.75) is 51.9 Å². The minimum atomic E-state index is -0.967. The van der Waals surface area contributed by atoms with E-state index in [4.69, 9.17) is 6.11 Å². The number of ether oxygens (including phenoxy) is 1. The molecule has 0 saturated carbocycles. The van der Waals surface area contributed by atoms with Crippen molar-refractivity contribution < 1.29 is 16.0 Å². The summed E-state index contributed by atoms with van der Waals surface area (Å²) in [6.45, 7) is 4.91. The Bertz CT molecular complexity index is 729. The second-order valence-corrected chi connectivity index (χ2v) is 6.82. The van der Waals surface area contributed by atoms with Crippen molar-refractivity contribution in [1.29, 1.82) is 0 Å². The van der Waals surface area contributed by atoms with Crippen molar-refractivity contribution in [2.24, 2.45) is 5.92 Å². The monoisotopic (exact) mass is 356 g/mol. The molecule has 3 nitrogen and oxygen atoms in total. The third-order valence-corrected chi connectivity index (χ3v) is 5.01. The van der Waals surface area contributed by atoms with Crippen molar-refractivity contribution >= 4 is 5.97 Å². The Hall–Kier alpha value is -2.29. The van der Waals surface area contributed by atoms with Crippen molar-refractivity contribution in [2.75, 3.05) is 6.61 Å². The molecule has 26 heavy (non-hydrogen) atoms. The maximum absolute atomic E-state index is 11.3. The quantitative estimate of drug-likeness (QED) is 0.491. The maximum Gasteiger partial charge on any atom is 0.339 e. The van der Waals surface area contributed by atoms with E-state index in [-0.39, 0.29) is 5.56 Å². The van der Waals surface area contributed by atoms with Gasteiger partial charge >= 0.3 is 5.97 Å². The van der Waals surface area contributed by atoms with Crippen LogP contribution >= 0.6 is 0 Å². The van der Waals surface area contributed by atoms with E-state index in [1.54, 1.807) is 30.3 Å². The Morgan fingerprint density at radius 1 is 1.12 bits per heavy atom. The van der Waals surface area contributed by atoms with Gasteiger partial charge in [-0.1, -0.05) is 75.6 Å². The molecule has 0 aliphatic rings. The Balaban J connectivity index is 2.03. The number of para-hydroxylation sites is 1. The second-order valence-electron chi connectivity index (χ2n) is 6.82. The highest BCUT2D eigenvalue weighted by atomic mass is 16.5. The highest BCUT2D eigenvalue weighted by Gasteiger charge is 2.19. The van der Waals surface area contributed by atoms with Gasteiger partial charge in [0.1, 0.15) is 11.3 Å². The van der Waals surface area contributed by atoms with Gasteiger partial charge in [-0.2, -0.15) is 0 Å². The highest BCUT2D eigenvalue weighted by Crippen LogP contribution is 2.31. The number of hydrogen-bond acceptors (Lipinski definition) is 2. The number of aromatic carboxylic acids is 1. The first-order valence-electron chi connectivity index (χ1n) is 10.0. The molecule has 0 amide bonds. The zero-order valence-electron chi connectivity index (χ0n) is 16.8. The summed E-state index contributed by atoms with van der Waals surface area (Å²) < 4.78 is 13.7. The number of hydrogen-bond donors (Lipinski definition) is 1. The molecule has 0 aliphatic carbocycles. The first-order valence-corrected chi connectivity index (χ1v) is 9.54. The topological polar surface area (TPSA) is 46.5 Å². The maximum atomic E-state index is 11.3. The summed E-state index contributed by atoms with van der Waals surface area (Å²) >= 11 is 0. The molecule has 0 aliphatic heterocycles. The number of benzene rings is 2. The first kappa shape index (κ1) is 18.5. The molecule has 0 heterocycles. The first-order chi connectivity index (χ1) is 13.0. The highest BCUT2D eigenvalue weighted by molar-refractivity contribution is 5.90. The van der Waals surface area contributed by atoms with Crippen LogP contribution in [0, 0.1) is 5.92 Å². The summed E-state index contributed by atoms with van der Waals surface area (Å²) in [7, 11) is 0. The van der Waals surface area contributed by atoms with Crippen LogP contribution in [-0.4, -0.2) is 17.7 Å². The fraction of sp³-hybridized carbons (Fsp3) is 0.435. The number of unbranched alkanes of at least 4 members (excludes halogenated alkanes) is 2. The van der Waals surface area contributed by atoms with Crippen LogP contribution in [0.25, 0.3) is 0 Å². The Labute approximate surface area is 158 Å². The van der Waals surface area contributed by atoms with E-state index in [0.29, 0.717) is 30.2 Å². The summed E-state index contributed by atoms with van der Waals surface area (Å²) in [5, 5.41) is 9.28. The molecule has 3 heteroatoms. The minimum Gasteiger partial charge on any atom is -0.493 e. The van der Waals surface area contributed by atoms with Gasteiger partial charge in [0.05, 0.1) is 7.98 Å². The van der Waals surface area contributed by atoms with Gasteiger partial charge in [-0.15, -0.1) is 0 Å². The van der Waals surface area contributed by atoms with Gasteiger partial charge in [-0.25, -0.2) is 4.79 Å². The van der Waals surface area contributed by atoms with Gasteiger partial charge < -0.3 is 9.84 Å². The van der Waals surface area contributed by atoms with E-state index in [0.717, 1.165) is 12.8 Å². The predicted octanol–water partition coefficient (Wildman–Crippen LogP) is 6.15. The van der Waals surface area contributed by atoms with E-state index in [2.05, 4.69) is 19.9 Å². The summed E-state index contributed by atoms with van der Waals surface area (Å²) in [6, 6.07) is 15.1. The largest absolute Gasteiger partial charge is 0.493 e. The summed E-state index contributed by atoms with van der Waals surface area (Å²) in [5.41, 5.74) is 1.39. The Morgan fingerprint density at radius 3 is 2.62 bits per heavy atom. The van der Waals surface area contributed by atoms with Crippen molar-refractivity contribution in [1.82, 2.24) is 0 Å². The molecular weight excluding hydrogens is 324 g/mol. The van der Waals surface area contributed by atoms with Gasteiger partial charge in [0, 0.05) is 0 Å². The van der Waals surface area contributed by atoms with Crippen LogP contribution in [0.2, 0.25) is 0 Å². The molecule has 0 spiro atoms. The standard InChI is InChI=1S/C23H30O3/c1-3-4-6-11-20(18(2)19-12-7-5-8-13-19)16-17-26-22-15-10-9-14-21(22)23(24)25/h5,7-10,12-15,18,20H,3-4,6,11,16-17H2,1-2H3,(H,24,25)/i7T. The van der Waals surface area contributed by atoms with E-state index < -0.39 is 5.97 Å². The molecule has 2 rings (SSSR count). The van der Waals surface area contributed by atoms with Crippen LogP contribution in [0.5, 0.6) is 5.75 Å². The van der Waals surface area contributed by atoms with Gasteiger partial charge in [-0.3, -0.25) is 0 Å². The molecule has 0 saturated heterocycles. The van der Waals surface area contributed by atoms with Crippen LogP contribution in [0.4, 0.5) is 0 Å². The van der Waals surface area contributed by atoms with Crippen molar-refractivity contribution in [3.63, 3.8) is 0 Å². The molecule has 0 fully saturated rings. The van der Waals surface area contributed by atoms with Crippen molar-refractivity contribution in [3.8, 4) is 5.75 Å². The average Bonchev–Trinajstić information content (AvgIpc) is 2.66. The summed E-state index contributed by atoms with van der Waals surface area (Å²) in [4.78, 5) is 11.3. The number of carbonyl (C=O) groups is 1. The molecule has 0 bridgehead atoms. The molecule has 0 aromatic heterocycles. The third-order valence-electron chi connectivity index (χ3n) is 5.01. The lowest BCUT2D eigenvalue weighted by atomic mass is 9.82. The van der Waals surface area contributed by atoms with E-state index in [1.165, 1.54) is 24.8 Å². The second kappa shape index (κ2) is 10.6. The lowest BCUT2D eigenvalue weighted by molar-refractivity contribution is 0.0692. The van der Waals surface area contributed by atoms with Gasteiger partial charge in [0.2, 0.25) is 0 Å². The van der Waals surface area contributed by atoms with Crippen LogP contribution in [0.15, 0.2) is 54.6 Å². The molecule has 2 unspecified atom stereocenters. The lowest BCUT2D eigenvalue weighted by Gasteiger charge is -2.25. The normalized spacial score (nSPS) is 13.7. The molecule has 0 radical (unpaired) electrons. The molecular formula is C23H30O3. The molecule has 1 N–H and O–H groups in total. The predicted molar refractivity (Wildman–Crippen MR) is 106 cm³/mol. The fourth-order valence-corrected chi connectivity index (χ4v) is 3.35. The average molecular weight is 356 g/mol. The molecule has 2 aromatic carbocycles. The smallest absolute Gasteiger partial charge is 0.339 e. The van der Waals surface area contributed by atoms with Crippen LogP contribution in [0.3, 0.4) is 0 Å². The zero-order chi connectivity index (χ0) is 19.6. The van der Waals surface area contributed by atoms with E-state index in [9.17, 15) is 9.90 Å². The zero-order valence-corrected chi connectivity index (χ0v) is 15.8. The van der Waals surface area contributed by atoms with Gasteiger partial charge in [0.15, 0.2) is 0 Å². The lowest BCUT2D eigenvalue weighted by Crippen LogP contribution is -2.15. The molecule has 2 atom stereocenters. The number of rotatable bonds is 11. The Kier molecular flexibility index (Phi) is 7.57. The molecule has 140 valence electrons. The number of carboxylic acids is 1. The van der Waals surface area contributed by atoms with Gasteiger partial charge in [0.25, 0.3) is 0 Å². The van der Waals surface area contributed by atoms with Crippen LogP contribution in [0.1, 0.15) is 69.2 Å². The fourth-order valence-electron chi connectivity index (χ4n) is 3.35. The summed E-state index contributed by atoms with van der Waals surface area (Å²) in [6.07, 6.45) is 5.55. The SMILES string of the molecule is [3H]c1cccc(C(C)C(CCCCC)CCOc2ccccc2C(=O)O)c1. The van der Waals surface area contributed by atoms with E-state index >= 15 is 0 Å². The molecule has 2 aromatic rings. The minimum absolute atomic E-state index is 0.204. The van der Waals surface area contributed by atoms with E-state index in [1.807, 2.05) is 12.1 Å². The van der Waals surface area contributed by atoms with Crippen molar-refractivity contribution in [3.05, 3.63) is 65.7 Å². The van der Waals surface area contributed by atoms with Crippen LogP contribution in [-0.2, 0) is 0 Å². The summed E-state index contributed by atoms with van der Waals surface area (Å²) in [5.74, 6) is 0.240. The van der Waals surface area contributed by atoms with Crippen LogP contribution < -0.4 is 4.74 Å². The van der Waals surface area contributed by atoms with Gasteiger partial charge in [-0.05, 0) is 42.4 Å².